The van der Waals surface area contributed by atoms with Crippen molar-refractivity contribution in [3.63, 3.8) is 0 Å². The molecule has 1 saturated heterocycles. The minimum Gasteiger partial charge on any atom is -0.376 e. The van der Waals surface area contributed by atoms with Gasteiger partial charge in [0, 0.05) is 12.6 Å². The number of rotatable bonds is 3. The van der Waals surface area contributed by atoms with Gasteiger partial charge in [0.1, 0.15) is 0 Å². The van der Waals surface area contributed by atoms with Crippen molar-refractivity contribution in [1.82, 2.24) is 5.32 Å². The van der Waals surface area contributed by atoms with E-state index in [1.54, 1.807) is 0 Å². The Morgan fingerprint density at radius 2 is 1.94 bits per heavy atom. The van der Waals surface area contributed by atoms with Crippen molar-refractivity contribution < 1.29 is 4.74 Å². The molecule has 1 aliphatic heterocycles. The Morgan fingerprint density at radius 1 is 1.19 bits per heavy atom. The maximum atomic E-state index is 5.85. The molecule has 0 radical (unpaired) electrons. The highest BCUT2D eigenvalue weighted by Gasteiger charge is 2.16. The smallest absolute Gasteiger partial charge is 0.188 e. The molecule has 2 fully saturated rings. The van der Waals surface area contributed by atoms with Gasteiger partial charge in [0.15, 0.2) is 5.96 Å². The average Bonchev–Trinajstić information content (AvgIpc) is 2.81. The second-order valence-electron chi connectivity index (χ2n) is 4.84. The summed E-state index contributed by atoms with van der Waals surface area (Å²) in [6, 6.07) is 0.552. The van der Waals surface area contributed by atoms with Crippen molar-refractivity contribution in [2.24, 2.45) is 10.7 Å². The van der Waals surface area contributed by atoms with Crippen LogP contribution < -0.4 is 11.1 Å². The zero-order chi connectivity index (χ0) is 11.2. The van der Waals surface area contributed by atoms with E-state index in [4.69, 9.17) is 10.5 Å². The molecule has 0 aromatic rings. The molecule has 1 saturated carbocycles. The molecular formula is C12H23N3O. The third kappa shape index (κ3) is 3.67. The molecule has 0 aromatic heterocycles. The van der Waals surface area contributed by atoms with E-state index in [0.717, 1.165) is 13.0 Å². The van der Waals surface area contributed by atoms with Gasteiger partial charge in [-0.05, 0) is 32.1 Å². The summed E-state index contributed by atoms with van der Waals surface area (Å²) in [5, 5.41) is 3.29. The zero-order valence-corrected chi connectivity index (χ0v) is 9.95. The maximum Gasteiger partial charge on any atom is 0.188 e. The van der Waals surface area contributed by atoms with Gasteiger partial charge in [-0.2, -0.15) is 0 Å². The first kappa shape index (κ1) is 11.7. The second kappa shape index (κ2) is 6.09. The molecule has 16 heavy (non-hydrogen) atoms. The number of hydrogen-bond donors (Lipinski definition) is 2. The van der Waals surface area contributed by atoms with E-state index in [0.29, 0.717) is 18.5 Å². The molecule has 2 rings (SSSR count). The normalized spacial score (nSPS) is 28.2. The van der Waals surface area contributed by atoms with E-state index in [1.807, 2.05) is 0 Å². The first-order valence-electron chi connectivity index (χ1n) is 6.52. The standard InChI is InChI=1S/C12H23N3O/c13-12(15-10-5-1-2-6-10)14-9-11-7-3-4-8-16-11/h10-11H,1-9H2,(H3,13,14,15). The Labute approximate surface area is 97.6 Å². The molecule has 3 N–H and O–H groups in total. The van der Waals surface area contributed by atoms with Crippen molar-refractivity contribution in [2.45, 2.75) is 57.1 Å². The van der Waals surface area contributed by atoms with Gasteiger partial charge < -0.3 is 15.8 Å². The van der Waals surface area contributed by atoms with E-state index in [-0.39, 0.29) is 6.10 Å². The minimum absolute atomic E-state index is 0.290. The average molecular weight is 225 g/mol. The van der Waals surface area contributed by atoms with Gasteiger partial charge in [0.2, 0.25) is 0 Å². The predicted molar refractivity (Wildman–Crippen MR) is 65.5 cm³/mol. The van der Waals surface area contributed by atoms with Crippen LogP contribution in [0.5, 0.6) is 0 Å². The molecule has 92 valence electrons. The van der Waals surface area contributed by atoms with Crippen molar-refractivity contribution in [3.05, 3.63) is 0 Å². The molecule has 4 heteroatoms. The number of nitrogens with zero attached hydrogens (tertiary/aromatic N) is 1. The molecule has 0 bridgehead atoms. The Morgan fingerprint density at radius 3 is 2.62 bits per heavy atom. The predicted octanol–water partition coefficient (Wildman–Crippen LogP) is 1.40. The molecule has 1 aliphatic carbocycles. The van der Waals surface area contributed by atoms with Gasteiger partial charge in [-0.25, -0.2) is 0 Å². The summed E-state index contributed by atoms with van der Waals surface area (Å²) in [5.74, 6) is 0.598. The Hall–Kier alpha value is -0.770. The number of ether oxygens (including phenoxy) is 1. The topological polar surface area (TPSA) is 59.6 Å². The molecule has 4 nitrogen and oxygen atoms in total. The second-order valence-corrected chi connectivity index (χ2v) is 4.84. The Balaban J connectivity index is 1.68. The molecule has 1 atom stereocenters. The van der Waals surface area contributed by atoms with Gasteiger partial charge in [0.25, 0.3) is 0 Å². The van der Waals surface area contributed by atoms with Crippen LogP contribution in [0, 0.1) is 0 Å². The third-order valence-electron chi connectivity index (χ3n) is 3.45. The largest absolute Gasteiger partial charge is 0.376 e. The van der Waals surface area contributed by atoms with Crippen molar-refractivity contribution in [3.8, 4) is 0 Å². The van der Waals surface area contributed by atoms with E-state index < -0.39 is 0 Å². The fourth-order valence-corrected chi connectivity index (χ4v) is 2.48. The van der Waals surface area contributed by atoms with E-state index in [1.165, 1.54) is 38.5 Å². The number of hydrogen-bond acceptors (Lipinski definition) is 2. The highest BCUT2D eigenvalue weighted by atomic mass is 16.5. The lowest BCUT2D eigenvalue weighted by Crippen LogP contribution is -2.39. The van der Waals surface area contributed by atoms with Crippen LogP contribution in [-0.2, 0) is 4.74 Å². The minimum atomic E-state index is 0.290. The van der Waals surface area contributed by atoms with Crippen LogP contribution in [0.4, 0.5) is 0 Å². The summed E-state index contributed by atoms with van der Waals surface area (Å²) in [5.41, 5.74) is 5.85. The summed E-state index contributed by atoms with van der Waals surface area (Å²) in [6.07, 6.45) is 8.96. The lowest BCUT2D eigenvalue weighted by Gasteiger charge is -2.21. The van der Waals surface area contributed by atoms with Gasteiger partial charge in [-0.1, -0.05) is 12.8 Å². The molecule has 0 aromatic carbocycles. The lowest BCUT2D eigenvalue weighted by atomic mass is 10.1. The SMILES string of the molecule is NC(=NCC1CCCCO1)NC1CCCC1. The van der Waals surface area contributed by atoms with Crippen molar-refractivity contribution >= 4 is 5.96 Å². The van der Waals surface area contributed by atoms with Crippen molar-refractivity contribution in [2.75, 3.05) is 13.2 Å². The van der Waals surface area contributed by atoms with Crippen LogP contribution in [-0.4, -0.2) is 31.3 Å². The molecule has 0 spiro atoms. The van der Waals surface area contributed by atoms with Gasteiger partial charge in [0.05, 0.1) is 12.6 Å². The number of nitrogens with one attached hydrogen (secondary N) is 1. The first-order valence-corrected chi connectivity index (χ1v) is 6.52. The van der Waals surface area contributed by atoms with Crippen LogP contribution in [0.15, 0.2) is 4.99 Å². The van der Waals surface area contributed by atoms with Crippen LogP contribution >= 0.6 is 0 Å². The lowest BCUT2D eigenvalue weighted by molar-refractivity contribution is 0.0224. The monoisotopic (exact) mass is 225 g/mol. The van der Waals surface area contributed by atoms with E-state index in [2.05, 4.69) is 10.3 Å². The summed E-state index contributed by atoms with van der Waals surface area (Å²) in [7, 11) is 0. The highest BCUT2D eigenvalue weighted by molar-refractivity contribution is 5.78. The molecule has 1 unspecified atom stereocenters. The van der Waals surface area contributed by atoms with Gasteiger partial charge in [-0.3, -0.25) is 4.99 Å². The maximum absolute atomic E-state index is 5.85. The molecule has 2 aliphatic rings. The molecule has 1 heterocycles. The zero-order valence-electron chi connectivity index (χ0n) is 9.95. The van der Waals surface area contributed by atoms with Crippen LogP contribution in [0.3, 0.4) is 0 Å². The summed E-state index contributed by atoms with van der Waals surface area (Å²) in [4.78, 5) is 4.37. The highest BCUT2D eigenvalue weighted by Crippen LogP contribution is 2.17. The molecule has 0 amide bonds. The number of aliphatic imine (C=N–C) groups is 1. The van der Waals surface area contributed by atoms with Crippen LogP contribution in [0.25, 0.3) is 0 Å². The fourth-order valence-electron chi connectivity index (χ4n) is 2.48. The Bertz CT molecular complexity index is 230. The van der Waals surface area contributed by atoms with Gasteiger partial charge in [-0.15, -0.1) is 0 Å². The number of nitrogens with two attached hydrogens (primary N) is 1. The quantitative estimate of drug-likeness (QED) is 0.564. The van der Waals surface area contributed by atoms with Crippen LogP contribution in [0.1, 0.15) is 44.9 Å². The Kier molecular flexibility index (Phi) is 4.45. The summed E-state index contributed by atoms with van der Waals surface area (Å²) >= 11 is 0. The third-order valence-corrected chi connectivity index (χ3v) is 3.45. The van der Waals surface area contributed by atoms with Crippen LogP contribution in [0.2, 0.25) is 0 Å². The van der Waals surface area contributed by atoms with Gasteiger partial charge >= 0.3 is 0 Å². The molecular weight excluding hydrogens is 202 g/mol. The summed E-state index contributed by atoms with van der Waals surface area (Å²) < 4.78 is 5.61. The fraction of sp³-hybridized carbons (Fsp3) is 0.917. The van der Waals surface area contributed by atoms with E-state index in [9.17, 15) is 0 Å². The van der Waals surface area contributed by atoms with Crippen molar-refractivity contribution in [1.29, 1.82) is 0 Å². The van der Waals surface area contributed by atoms with E-state index >= 15 is 0 Å². The summed E-state index contributed by atoms with van der Waals surface area (Å²) in [6.45, 7) is 1.60. The number of guanidine groups is 1. The first-order chi connectivity index (χ1) is 7.84.